The van der Waals surface area contributed by atoms with Crippen LogP contribution >= 0.6 is 11.6 Å². The largest absolute Gasteiger partial charge is 0.398 e. The SMILES string of the molecule is CCCC1CCC(Nc2cc(Cl)c(N)cc2C)CC1. The lowest BCUT2D eigenvalue weighted by molar-refractivity contribution is 0.319. The summed E-state index contributed by atoms with van der Waals surface area (Å²) in [7, 11) is 0. The molecule has 0 atom stereocenters. The second-order valence-electron chi connectivity index (χ2n) is 5.84. The second kappa shape index (κ2) is 6.51. The zero-order valence-corrected chi connectivity index (χ0v) is 12.8. The minimum Gasteiger partial charge on any atom is -0.398 e. The first-order valence-electron chi connectivity index (χ1n) is 7.42. The highest BCUT2D eigenvalue weighted by atomic mass is 35.5. The van der Waals surface area contributed by atoms with Gasteiger partial charge in [-0.3, -0.25) is 0 Å². The fourth-order valence-electron chi connectivity index (χ4n) is 3.08. The molecular weight excluding hydrogens is 256 g/mol. The van der Waals surface area contributed by atoms with Crippen LogP contribution in [0.5, 0.6) is 0 Å². The van der Waals surface area contributed by atoms with Gasteiger partial charge in [0.05, 0.1) is 10.7 Å². The zero-order chi connectivity index (χ0) is 13.8. The quantitative estimate of drug-likeness (QED) is 0.762. The fourth-order valence-corrected chi connectivity index (χ4v) is 3.25. The lowest BCUT2D eigenvalue weighted by atomic mass is 9.83. The third kappa shape index (κ3) is 3.79. The van der Waals surface area contributed by atoms with Gasteiger partial charge in [0.25, 0.3) is 0 Å². The van der Waals surface area contributed by atoms with E-state index in [2.05, 4.69) is 19.2 Å². The molecule has 19 heavy (non-hydrogen) atoms. The molecule has 1 aliphatic carbocycles. The van der Waals surface area contributed by atoms with E-state index < -0.39 is 0 Å². The molecule has 2 nitrogen and oxygen atoms in total. The van der Waals surface area contributed by atoms with Gasteiger partial charge in [-0.05, 0) is 56.2 Å². The highest BCUT2D eigenvalue weighted by Gasteiger charge is 2.20. The number of benzene rings is 1. The van der Waals surface area contributed by atoms with E-state index in [0.29, 0.717) is 16.8 Å². The minimum absolute atomic E-state index is 0.589. The van der Waals surface area contributed by atoms with Crippen LogP contribution in [0.2, 0.25) is 5.02 Å². The van der Waals surface area contributed by atoms with Crippen LogP contribution in [-0.4, -0.2) is 6.04 Å². The van der Waals surface area contributed by atoms with Gasteiger partial charge in [-0.25, -0.2) is 0 Å². The Morgan fingerprint density at radius 2 is 1.95 bits per heavy atom. The summed E-state index contributed by atoms with van der Waals surface area (Å²) in [6, 6.07) is 4.50. The molecule has 0 spiro atoms. The molecular formula is C16H25ClN2. The van der Waals surface area contributed by atoms with E-state index in [0.717, 1.165) is 11.6 Å². The predicted octanol–water partition coefficient (Wildman–Crippen LogP) is 5.00. The summed E-state index contributed by atoms with van der Waals surface area (Å²) in [5.74, 6) is 0.944. The molecule has 0 bridgehead atoms. The van der Waals surface area contributed by atoms with Gasteiger partial charge in [0.2, 0.25) is 0 Å². The number of hydrogen-bond acceptors (Lipinski definition) is 2. The predicted molar refractivity (Wildman–Crippen MR) is 84.9 cm³/mol. The Kier molecular flexibility index (Phi) is 4.98. The monoisotopic (exact) mass is 280 g/mol. The van der Waals surface area contributed by atoms with Crippen LogP contribution in [0, 0.1) is 12.8 Å². The van der Waals surface area contributed by atoms with Gasteiger partial charge in [-0.1, -0.05) is 31.4 Å². The second-order valence-corrected chi connectivity index (χ2v) is 6.25. The highest BCUT2D eigenvalue weighted by molar-refractivity contribution is 6.33. The standard InChI is InChI=1S/C16H25ClN2/c1-3-4-12-5-7-13(8-6-12)19-16-10-14(17)15(18)9-11(16)2/h9-10,12-13,19H,3-8,18H2,1-2H3. The summed E-state index contributed by atoms with van der Waals surface area (Å²) < 4.78 is 0. The normalized spacial score (nSPS) is 23.3. The Morgan fingerprint density at radius 1 is 1.26 bits per heavy atom. The summed E-state index contributed by atoms with van der Waals surface area (Å²) in [6.45, 7) is 4.36. The summed E-state index contributed by atoms with van der Waals surface area (Å²) >= 11 is 6.10. The van der Waals surface area contributed by atoms with E-state index in [9.17, 15) is 0 Å². The molecule has 1 aromatic rings. The third-order valence-corrected chi connectivity index (χ3v) is 4.57. The molecule has 106 valence electrons. The van der Waals surface area contributed by atoms with Crippen molar-refractivity contribution in [3.8, 4) is 0 Å². The number of nitrogens with two attached hydrogens (primary N) is 1. The molecule has 0 aliphatic heterocycles. The van der Waals surface area contributed by atoms with Crippen LogP contribution < -0.4 is 11.1 Å². The van der Waals surface area contributed by atoms with Gasteiger partial charge < -0.3 is 11.1 Å². The molecule has 0 unspecified atom stereocenters. The van der Waals surface area contributed by atoms with Crippen LogP contribution in [-0.2, 0) is 0 Å². The van der Waals surface area contributed by atoms with E-state index in [1.54, 1.807) is 0 Å². The van der Waals surface area contributed by atoms with Crippen LogP contribution in [0.25, 0.3) is 0 Å². The van der Waals surface area contributed by atoms with Crippen LogP contribution in [0.1, 0.15) is 51.0 Å². The maximum Gasteiger partial charge on any atom is 0.0656 e. The molecule has 1 fully saturated rings. The topological polar surface area (TPSA) is 38.0 Å². The summed E-state index contributed by atoms with van der Waals surface area (Å²) in [6.07, 6.45) is 7.95. The van der Waals surface area contributed by atoms with Crippen molar-refractivity contribution in [2.45, 2.75) is 58.4 Å². The lowest BCUT2D eigenvalue weighted by Crippen LogP contribution is -2.26. The third-order valence-electron chi connectivity index (χ3n) is 4.25. The number of nitrogens with one attached hydrogen (secondary N) is 1. The van der Waals surface area contributed by atoms with Gasteiger partial charge >= 0.3 is 0 Å². The minimum atomic E-state index is 0.589. The molecule has 1 saturated carbocycles. The van der Waals surface area contributed by atoms with Crippen molar-refractivity contribution >= 4 is 23.0 Å². The molecule has 3 N–H and O–H groups in total. The molecule has 0 saturated heterocycles. The van der Waals surface area contributed by atoms with E-state index in [4.69, 9.17) is 17.3 Å². The van der Waals surface area contributed by atoms with Crippen molar-refractivity contribution in [3.63, 3.8) is 0 Å². The average molecular weight is 281 g/mol. The molecule has 2 rings (SSSR count). The number of hydrogen-bond donors (Lipinski definition) is 2. The maximum atomic E-state index is 6.10. The Bertz CT molecular complexity index is 423. The molecule has 1 aromatic carbocycles. The highest BCUT2D eigenvalue weighted by Crippen LogP contribution is 2.32. The first-order valence-corrected chi connectivity index (χ1v) is 7.80. The molecule has 0 radical (unpaired) electrons. The van der Waals surface area contributed by atoms with E-state index >= 15 is 0 Å². The van der Waals surface area contributed by atoms with Crippen molar-refractivity contribution in [3.05, 3.63) is 22.7 Å². The average Bonchev–Trinajstić information content (AvgIpc) is 2.38. The smallest absolute Gasteiger partial charge is 0.0656 e. The lowest BCUT2D eigenvalue weighted by Gasteiger charge is -2.30. The van der Waals surface area contributed by atoms with Crippen molar-refractivity contribution < 1.29 is 0 Å². The van der Waals surface area contributed by atoms with Crippen molar-refractivity contribution in [2.75, 3.05) is 11.1 Å². The molecule has 0 amide bonds. The zero-order valence-electron chi connectivity index (χ0n) is 12.0. The van der Waals surface area contributed by atoms with Crippen molar-refractivity contribution in [1.29, 1.82) is 0 Å². The van der Waals surface area contributed by atoms with Gasteiger partial charge in [0.15, 0.2) is 0 Å². The number of nitrogen functional groups attached to an aromatic ring is 1. The Hall–Kier alpha value is -0.890. The fraction of sp³-hybridized carbons (Fsp3) is 0.625. The first-order chi connectivity index (χ1) is 9.10. The van der Waals surface area contributed by atoms with Crippen LogP contribution in [0.15, 0.2) is 12.1 Å². The number of anilines is 2. The van der Waals surface area contributed by atoms with Gasteiger partial charge in [0, 0.05) is 11.7 Å². The van der Waals surface area contributed by atoms with Crippen LogP contribution in [0.3, 0.4) is 0 Å². The van der Waals surface area contributed by atoms with Crippen LogP contribution in [0.4, 0.5) is 11.4 Å². The van der Waals surface area contributed by atoms with E-state index in [1.807, 2.05) is 12.1 Å². The van der Waals surface area contributed by atoms with Crippen molar-refractivity contribution in [2.24, 2.45) is 5.92 Å². The van der Waals surface area contributed by atoms with Crippen molar-refractivity contribution in [1.82, 2.24) is 0 Å². The van der Waals surface area contributed by atoms with E-state index in [1.165, 1.54) is 44.1 Å². The Labute approximate surface area is 121 Å². The Balaban J connectivity index is 1.94. The maximum absolute atomic E-state index is 6.10. The van der Waals surface area contributed by atoms with E-state index in [-0.39, 0.29) is 0 Å². The molecule has 1 aliphatic rings. The van der Waals surface area contributed by atoms with Gasteiger partial charge in [0.1, 0.15) is 0 Å². The first kappa shape index (κ1) is 14.5. The molecule has 0 aromatic heterocycles. The molecule has 3 heteroatoms. The Morgan fingerprint density at radius 3 is 2.58 bits per heavy atom. The number of aryl methyl sites for hydroxylation is 1. The summed E-state index contributed by atoms with van der Waals surface area (Å²) in [4.78, 5) is 0. The molecule has 0 heterocycles. The summed E-state index contributed by atoms with van der Waals surface area (Å²) in [5, 5.41) is 4.29. The number of halogens is 1. The number of rotatable bonds is 4. The summed E-state index contributed by atoms with van der Waals surface area (Å²) in [5.41, 5.74) is 8.79. The van der Waals surface area contributed by atoms with Gasteiger partial charge in [-0.2, -0.15) is 0 Å². The van der Waals surface area contributed by atoms with Gasteiger partial charge in [-0.15, -0.1) is 0 Å².